The van der Waals surface area contributed by atoms with Crippen molar-refractivity contribution in [2.75, 3.05) is 6.54 Å². The lowest BCUT2D eigenvalue weighted by Crippen LogP contribution is -2.42. The summed E-state index contributed by atoms with van der Waals surface area (Å²) >= 11 is 0. The van der Waals surface area contributed by atoms with Crippen molar-refractivity contribution in [3.8, 4) is 0 Å². The summed E-state index contributed by atoms with van der Waals surface area (Å²) in [4.78, 5) is 32.2. The van der Waals surface area contributed by atoms with Gasteiger partial charge in [0.05, 0.1) is 0 Å². The molecule has 1 amide bonds. The fourth-order valence-corrected chi connectivity index (χ4v) is 3.22. The van der Waals surface area contributed by atoms with Crippen LogP contribution in [0, 0.1) is 11.8 Å². The molecular weight excluding hydrogens is 338 g/mol. The van der Waals surface area contributed by atoms with E-state index in [1.54, 1.807) is 18.3 Å². The Balaban J connectivity index is 2.27. The second-order valence-corrected chi connectivity index (χ2v) is 8.26. The van der Waals surface area contributed by atoms with Gasteiger partial charge in [0.25, 0.3) is 11.5 Å². The summed E-state index contributed by atoms with van der Waals surface area (Å²) < 4.78 is 1.44. The quantitative estimate of drug-likeness (QED) is 0.656. The van der Waals surface area contributed by atoms with Gasteiger partial charge in [0, 0.05) is 25.0 Å². The van der Waals surface area contributed by atoms with Crippen LogP contribution in [0.2, 0.25) is 0 Å². The van der Waals surface area contributed by atoms with E-state index in [-0.39, 0.29) is 23.1 Å². The second-order valence-electron chi connectivity index (χ2n) is 8.26. The number of amides is 1. The summed E-state index contributed by atoms with van der Waals surface area (Å²) in [6, 6.07) is 5.47. The molecule has 0 aliphatic carbocycles. The average molecular weight is 372 g/mol. The largest absolute Gasteiger partial charge is 0.336 e. The third-order valence-electron chi connectivity index (χ3n) is 4.99. The molecule has 0 aliphatic heterocycles. The first-order chi connectivity index (χ1) is 12.8. The first kappa shape index (κ1) is 21.1. The smallest absolute Gasteiger partial charge is 0.270 e. The van der Waals surface area contributed by atoms with Gasteiger partial charge in [0.15, 0.2) is 0 Å². The van der Waals surface area contributed by atoms with Crippen LogP contribution in [0.25, 0.3) is 5.65 Å². The number of hydrogen-bond donors (Lipinski definition) is 0. The molecule has 0 unspecified atom stereocenters. The highest BCUT2D eigenvalue weighted by Gasteiger charge is 2.24. The predicted molar refractivity (Wildman–Crippen MR) is 110 cm³/mol. The Labute approximate surface area is 162 Å². The average Bonchev–Trinajstić information content (AvgIpc) is 2.61. The Morgan fingerprint density at radius 3 is 2.44 bits per heavy atom. The molecule has 2 aromatic heterocycles. The molecule has 0 N–H and O–H groups in total. The zero-order valence-corrected chi connectivity index (χ0v) is 17.3. The SMILES string of the molecule is CC(C)CCC[C@H](C)N(CCC(C)C)C(=O)c1cnc2ccccn2c1=O. The van der Waals surface area contributed by atoms with Gasteiger partial charge in [-0.15, -0.1) is 0 Å². The minimum absolute atomic E-state index is 0.103. The van der Waals surface area contributed by atoms with Crippen molar-refractivity contribution >= 4 is 11.6 Å². The van der Waals surface area contributed by atoms with Crippen molar-refractivity contribution in [2.45, 2.75) is 66.3 Å². The molecule has 0 spiro atoms. The molecule has 0 fully saturated rings. The van der Waals surface area contributed by atoms with E-state index in [1.165, 1.54) is 10.6 Å². The van der Waals surface area contributed by atoms with E-state index in [1.807, 2.05) is 11.0 Å². The van der Waals surface area contributed by atoms with Crippen LogP contribution in [-0.4, -0.2) is 32.8 Å². The Morgan fingerprint density at radius 1 is 1.07 bits per heavy atom. The van der Waals surface area contributed by atoms with E-state index >= 15 is 0 Å². The number of aromatic nitrogens is 2. The van der Waals surface area contributed by atoms with E-state index in [2.05, 4.69) is 39.6 Å². The van der Waals surface area contributed by atoms with Crippen molar-refractivity contribution in [2.24, 2.45) is 11.8 Å². The summed E-state index contributed by atoms with van der Waals surface area (Å²) in [6.07, 6.45) is 7.19. The molecule has 2 heterocycles. The first-order valence-corrected chi connectivity index (χ1v) is 10.1. The lowest BCUT2D eigenvalue weighted by molar-refractivity contribution is 0.0669. The fraction of sp³-hybridized carbons (Fsp3) is 0.591. The van der Waals surface area contributed by atoms with Crippen LogP contribution in [0.4, 0.5) is 0 Å². The minimum atomic E-state index is -0.297. The number of fused-ring (bicyclic) bond motifs is 1. The van der Waals surface area contributed by atoms with Gasteiger partial charge in [0.1, 0.15) is 11.2 Å². The van der Waals surface area contributed by atoms with E-state index in [9.17, 15) is 9.59 Å². The van der Waals surface area contributed by atoms with Gasteiger partial charge >= 0.3 is 0 Å². The van der Waals surface area contributed by atoms with Crippen LogP contribution in [0.15, 0.2) is 35.4 Å². The van der Waals surface area contributed by atoms with Crippen LogP contribution in [0.3, 0.4) is 0 Å². The number of carbonyl (C=O) groups is 1. The van der Waals surface area contributed by atoms with Gasteiger partial charge in [-0.05, 0) is 43.7 Å². The highest BCUT2D eigenvalue weighted by atomic mass is 16.2. The Hall–Kier alpha value is -2.17. The minimum Gasteiger partial charge on any atom is -0.336 e. The molecule has 0 saturated heterocycles. The number of carbonyl (C=O) groups excluding carboxylic acids is 1. The third-order valence-corrected chi connectivity index (χ3v) is 4.99. The molecule has 5 nitrogen and oxygen atoms in total. The molecule has 0 aromatic carbocycles. The molecule has 0 saturated carbocycles. The van der Waals surface area contributed by atoms with Crippen molar-refractivity contribution in [3.63, 3.8) is 0 Å². The predicted octanol–water partition coefficient (Wildman–Crippen LogP) is 4.40. The highest BCUT2D eigenvalue weighted by Crippen LogP contribution is 2.16. The van der Waals surface area contributed by atoms with Crippen LogP contribution in [-0.2, 0) is 0 Å². The number of rotatable bonds is 9. The Bertz CT molecular complexity index is 811. The fourth-order valence-electron chi connectivity index (χ4n) is 3.22. The second kappa shape index (κ2) is 9.67. The van der Waals surface area contributed by atoms with Gasteiger partial charge in [-0.1, -0.05) is 46.6 Å². The maximum Gasteiger partial charge on any atom is 0.270 e. The van der Waals surface area contributed by atoms with Crippen LogP contribution in [0.5, 0.6) is 0 Å². The summed E-state index contributed by atoms with van der Waals surface area (Å²) in [5.74, 6) is 0.953. The van der Waals surface area contributed by atoms with Gasteiger partial charge in [-0.25, -0.2) is 4.98 Å². The summed E-state index contributed by atoms with van der Waals surface area (Å²) in [5, 5.41) is 0. The lowest BCUT2D eigenvalue weighted by Gasteiger charge is -2.30. The lowest BCUT2D eigenvalue weighted by atomic mass is 10.0. The van der Waals surface area contributed by atoms with Gasteiger partial charge in [0.2, 0.25) is 0 Å². The van der Waals surface area contributed by atoms with E-state index in [0.29, 0.717) is 24.0 Å². The van der Waals surface area contributed by atoms with Crippen molar-refractivity contribution in [3.05, 3.63) is 46.5 Å². The van der Waals surface area contributed by atoms with Crippen LogP contribution in [0.1, 0.15) is 70.7 Å². The van der Waals surface area contributed by atoms with Crippen molar-refractivity contribution in [1.82, 2.24) is 14.3 Å². The van der Waals surface area contributed by atoms with Gasteiger partial charge in [-0.3, -0.25) is 14.0 Å². The zero-order chi connectivity index (χ0) is 20.0. The van der Waals surface area contributed by atoms with E-state index < -0.39 is 0 Å². The Morgan fingerprint density at radius 2 is 1.78 bits per heavy atom. The number of hydrogen-bond acceptors (Lipinski definition) is 3. The molecule has 0 aliphatic rings. The number of pyridine rings is 1. The molecular formula is C22H33N3O2. The summed E-state index contributed by atoms with van der Waals surface area (Å²) in [7, 11) is 0. The topological polar surface area (TPSA) is 54.7 Å². The normalized spacial score (nSPS) is 12.7. The van der Waals surface area contributed by atoms with Crippen molar-refractivity contribution < 1.29 is 4.79 Å². The van der Waals surface area contributed by atoms with E-state index in [4.69, 9.17) is 0 Å². The molecule has 2 rings (SSSR count). The molecule has 1 atom stereocenters. The highest BCUT2D eigenvalue weighted by molar-refractivity contribution is 5.94. The van der Waals surface area contributed by atoms with Crippen LogP contribution < -0.4 is 5.56 Å². The number of nitrogens with zero attached hydrogens (tertiary/aromatic N) is 3. The molecule has 148 valence electrons. The standard InChI is InChI=1S/C22H33N3O2/c1-16(2)9-8-10-18(5)24(14-12-17(3)4)21(26)19-15-23-20-11-6-7-13-25(20)22(19)27/h6-7,11,13,15-18H,8-10,12,14H2,1-5H3/t18-/m0/s1. The molecule has 27 heavy (non-hydrogen) atoms. The zero-order valence-electron chi connectivity index (χ0n) is 17.3. The van der Waals surface area contributed by atoms with Gasteiger partial charge < -0.3 is 4.90 Å². The monoisotopic (exact) mass is 371 g/mol. The maximum absolute atomic E-state index is 13.2. The Kier molecular flexibility index (Phi) is 7.57. The third kappa shape index (κ3) is 5.65. The van der Waals surface area contributed by atoms with Crippen LogP contribution >= 0.6 is 0 Å². The summed E-state index contributed by atoms with van der Waals surface area (Å²) in [5.41, 5.74) is 0.408. The molecule has 0 bridgehead atoms. The van der Waals surface area contributed by atoms with Crippen molar-refractivity contribution in [1.29, 1.82) is 0 Å². The summed E-state index contributed by atoms with van der Waals surface area (Å²) in [6.45, 7) is 11.5. The molecule has 0 radical (unpaired) electrons. The van der Waals surface area contributed by atoms with E-state index in [0.717, 1.165) is 25.7 Å². The first-order valence-electron chi connectivity index (χ1n) is 10.1. The molecule has 2 aromatic rings. The van der Waals surface area contributed by atoms with Gasteiger partial charge in [-0.2, -0.15) is 0 Å². The maximum atomic E-state index is 13.2. The molecule has 5 heteroatoms.